The van der Waals surface area contributed by atoms with Gasteiger partial charge in [-0.25, -0.2) is 18.4 Å². The number of alkyl halides is 4. The first-order valence-electron chi connectivity index (χ1n) is 10.9. The number of piperazine rings is 1. The number of anilines is 2. The Kier molecular flexibility index (Phi) is 7.93. The van der Waals surface area contributed by atoms with Crippen LogP contribution >= 0.6 is 23.2 Å². The van der Waals surface area contributed by atoms with E-state index >= 15 is 0 Å². The molecule has 1 N–H and O–H groups in total. The van der Waals surface area contributed by atoms with E-state index in [0.717, 1.165) is 23.9 Å². The number of hydrogen-bond donors (Lipinski definition) is 1. The summed E-state index contributed by atoms with van der Waals surface area (Å²) in [7, 11) is -3.92. The fraction of sp³-hybridized carbons (Fsp3) is 0.261. The molecule has 3 aromatic rings. The Hall–Kier alpha value is -2.93. The standard InChI is InChI=1S/C23H20Cl2F3N5O3S/c24-13-15-1-3-16(4-2-15)22(34)31-20-6-5-18(14-29-20)37(35,36)33-9-7-32(8-10-33)21-12-17(23(26,27)28)11-19(25)30-21/h1-6,11-12,14H,7-10,13H2,(H,29,31,34). The van der Waals surface area contributed by atoms with Crippen molar-refractivity contribution in [3.8, 4) is 0 Å². The van der Waals surface area contributed by atoms with Gasteiger partial charge in [-0.1, -0.05) is 23.7 Å². The van der Waals surface area contributed by atoms with Crippen LogP contribution in [-0.4, -0.2) is 54.8 Å². The Morgan fingerprint density at radius 2 is 1.70 bits per heavy atom. The fourth-order valence-corrected chi connectivity index (χ4v) is 5.41. The summed E-state index contributed by atoms with van der Waals surface area (Å²) in [6.45, 7) is 0.283. The predicted molar refractivity (Wildman–Crippen MR) is 133 cm³/mol. The van der Waals surface area contributed by atoms with E-state index in [0.29, 0.717) is 11.4 Å². The van der Waals surface area contributed by atoms with Crippen molar-refractivity contribution in [3.63, 3.8) is 0 Å². The lowest BCUT2D eigenvalue weighted by Gasteiger charge is -2.34. The van der Waals surface area contributed by atoms with Crippen molar-refractivity contribution in [2.24, 2.45) is 0 Å². The molecular weight excluding hydrogens is 554 g/mol. The van der Waals surface area contributed by atoms with Crippen molar-refractivity contribution in [1.82, 2.24) is 14.3 Å². The van der Waals surface area contributed by atoms with Crippen LogP contribution in [0.15, 0.2) is 59.6 Å². The van der Waals surface area contributed by atoms with Gasteiger partial charge in [0, 0.05) is 43.8 Å². The van der Waals surface area contributed by atoms with Crippen molar-refractivity contribution in [2.45, 2.75) is 17.0 Å². The number of sulfonamides is 1. The maximum absolute atomic E-state index is 13.1. The molecule has 0 atom stereocenters. The van der Waals surface area contributed by atoms with Crippen LogP contribution in [0.3, 0.4) is 0 Å². The number of amides is 1. The van der Waals surface area contributed by atoms with Crippen LogP contribution in [0.2, 0.25) is 5.15 Å². The lowest BCUT2D eigenvalue weighted by Crippen LogP contribution is -2.49. The average molecular weight is 574 g/mol. The molecule has 3 heterocycles. The van der Waals surface area contributed by atoms with Crippen molar-refractivity contribution in [1.29, 1.82) is 0 Å². The summed E-state index contributed by atoms with van der Waals surface area (Å²) in [6.07, 6.45) is -3.44. The molecule has 1 aliphatic rings. The van der Waals surface area contributed by atoms with Gasteiger partial charge in [0.15, 0.2) is 0 Å². The smallest absolute Gasteiger partial charge is 0.354 e. The van der Waals surface area contributed by atoms with Crippen LogP contribution in [0, 0.1) is 0 Å². The van der Waals surface area contributed by atoms with Gasteiger partial charge in [0.05, 0.1) is 5.56 Å². The van der Waals surface area contributed by atoms with Crippen molar-refractivity contribution < 1.29 is 26.4 Å². The van der Waals surface area contributed by atoms with E-state index in [1.54, 1.807) is 29.2 Å². The third-order valence-corrected chi connectivity index (χ3v) is 8.04. The monoisotopic (exact) mass is 573 g/mol. The summed E-state index contributed by atoms with van der Waals surface area (Å²) in [5, 5.41) is 2.30. The quantitative estimate of drug-likeness (QED) is 0.340. The first-order valence-corrected chi connectivity index (χ1v) is 13.2. The van der Waals surface area contributed by atoms with Crippen LogP contribution < -0.4 is 10.2 Å². The molecule has 1 aliphatic heterocycles. The third-order valence-electron chi connectivity index (χ3n) is 5.66. The lowest BCUT2D eigenvalue weighted by atomic mass is 10.1. The summed E-state index contributed by atoms with van der Waals surface area (Å²) in [5.41, 5.74) is 0.325. The molecule has 0 spiro atoms. The average Bonchev–Trinajstić information content (AvgIpc) is 2.88. The molecule has 0 aliphatic carbocycles. The number of pyridine rings is 2. The molecule has 1 saturated heterocycles. The van der Waals surface area contributed by atoms with Crippen LogP contribution in [-0.2, 0) is 22.1 Å². The topological polar surface area (TPSA) is 95.5 Å². The molecule has 37 heavy (non-hydrogen) atoms. The molecular formula is C23H20Cl2F3N5O3S. The van der Waals surface area contributed by atoms with E-state index in [4.69, 9.17) is 23.2 Å². The SMILES string of the molecule is O=C(Nc1ccc(S(=O)(=O)N2CCN(c3cc(C(F)(F)F)cc(Cl)n3)CC2)cn1)c1ccc(CCl)cc1. The molecule has 2 aromatic heterocycles. The molecule has 14 heteroatoms. The van der Waals surface area contributed by atoms with Crippen LogP contribution in [0.4, 0.5) is 24.8 Å². The molecule has 4 rings (SSSR count). The molecule has 196 valence electrons. The van der Waals surface area contributed by atoms with E-state index in [-0.39, 0.29) is 47.9 Å². The molecule has 0 unspecified atom stereocenters. The number of carbonyl (C=O) groups is 1. The zero-order valence-corrected chi connectivity index (χ0v) is 21.4. The minimum Gasteiger partial charge on any atom is -0.354 e. The highest BCUT2D eigenvalue weighted by atomic mass is 35.5. The van der Waals surface area contributed by atoms with Gasteiger partial charge < -0.3 is 10.2 Å². The number of hydrogen-bond acceptors (Lipinski definition) is 6. The number of halogens is 5. The van der Waals surface area contributed by atoms with Gasteiger partial charge in [-0.05, 0) is 42.0 Å². The Labute approximate surface area is 221 Å². The van der Waals surface area contributed by atoms with E-state index in [1.807, 2.05) is 0 Å². The minimum absolute atomic E-state index is 0.0225. The van der Waals surface area contributed by atoms with Crippen molar-refractivity contribution in [3.05, 3.63) is 76.6 Å². The molecule has 0 saturated carbocycles. The molecule has 0 radical (unpaired) electrons. The number of nitrogens with zero attached hydrogens (tertiary/aromatic N) is 4. The minimum atomic E-state index is -4.58. The highest BCUT2D eigenvalue weighted by Crippen LogP contribution is 2.33. The number of carbonyl (C=O) groups excluding carboxylic acids is 1. The maximum Gasteiger partial charge on any atom is 0.416 e. The van der Waals surface area contributed by atoms with Crippen molar-refractivity contribution >= 4 is 50.8 Å². The van der Waals surface area contributed by atoms with E-state index < -0.39 is 27.7 Å². The first kappa shape index (κ1) is 27.1. The zero-order chi connectivity index (χ0) is 26.8. The second-order valence-corrected chi connectivity index (χ2v) is 10.7. The van der Waals surface area contributed by atoms with Crippen LogP contribution in [0.1, 0.15) is 21.5 Å². The highest BCUT2D eigenvalue weighted by Gasteiger charge is 2.33. The van der Waals surface area contributed by atoms with Crippen LogP contribution in [0.25, 0.3) is 0 Å². The van der Waals surface area contributed by atoms with Gasteiger partial charge in [0.1, 0.15) is 21.7 Å². The summed E-state index contributed by atoms with van der Waals surface area (Å²) in [4.78, 5) is 21.9. The second-order valence-electron chi connectivity index (χ2n) is 8.09. The highest BCUT2D eigenvalue weighted by molar-refractivity contribution is 7.89. The van der Waals surface area contributed by atoms with Gasteiger partial charge in [0.2, 0.25) is 10.0 Å². The Morgan fingerprint density at radius 3 is 2.27 bits per heavy atom. The maximum atomic E-state index is 13.1. The summed E-state index contributed by atoms with van der Waals surface area (Å²) in [6, 6.07) is 11.0. The second kappa shape index (κ2) is 10.8. The lowest BCUT2D eigenvalue weighted by molar-refractivity contribution is -0.137. The number of benzene rings is 1. The first-order chi connectivity index (χ1) is 17.5. The zero-order valence-electron chi connectivity index (χ0n) is 19.0. The largest absolute Gasteiger partial charge is 0.416 e. The third kappa shape index (κ3) is 6.32. The molecule has 0 bridgehead atoms. The summed E-state index contributed by atoms with van der Waals surface area (Å²) < 4.78 is 66.7. The predicted octanol–water partition coefficient (Wildman–Crippen LogP) is 4.65. The number of aromatic nitrogens is 2. The fourth-order valence-electron chi connectivity index (χ4n) is 3.66. The Balaban J connectivity index is 1.40. The van der Waals surface area contributed by atoms with Gasteiger partial charge >= 0.3 is 6.18 Å². The Morgan fingerprint density at radius 1 is 1.03 bits per heavy atom. The molecule has 1 amide bonds. The van der Waals surface area contributed by atoms with Gasteiger partial charge in [-0.15, -0.1) is 11.6 Å². The Bertz CT molecular complexity index is 1380. The van der Waals surface area contributed by atoms with Crippen LogP contribution in [0.5, 0.6) is 0 Å². The van der Waals surface area contributed by atoms with E-state index in [1.165, 1.54) is 16.4 Å². The van der Waals surface area contributed by atoms with Crippen molar-refractivity contribution in [2.75, 3.05) is 36.4 Å². The van der Waals surface area contributed by atoms with Gasteiger partial charge in [-0.2, -0.15) is 17.5 Å². The summed E-state index contributed by atoms with van der Waals surface area (Å²) in [5.74, 6) is 0.104. The van der Waals surface area contributed by atoms with Gasteiger partial charge in [-0.3, -0.25) is 4.79 Å². The normalized spacial score (nSPS) is 15.0. The molecule has 8 nitrogen and oxygen atoms in total. The number of rotatable bonds is 6. The molecule has 1 fully saturated rings. The summed E-state index contributed by atoms with van der Waals surface area (Å²) >= 11 is 11.5. The number of nitrogens with one attached hydrogen (secondary N) is 1. The molecule has 1 aromatic carbocycles. The van der Waals surface area contributed by atoms with E-state index in [2.05, 4.69) is 15.3 Å². The van der Waals surface area contributed by atoms with E-state index in [9.17, 15) is 26.4 Å². The van der Waals surface area contributed by atoms with Gasteiger partial charge in [0.25, 0.3) is 5.91 Å².